The Bertz CT molecular complexity index is 552. The lowest BCUT2D eigenvalue weighted by molar-refractivity contribution is 0.153. The number of rotatable bonds is 6. The molecule has 0 heterocycles. The summed E-state index contributed by atoms with van der Waals surface area (Å²) < 4.78 is 63.0. The molecule has 9 heteroatoms. The Balaban J connectivity index is 3.18. The fourth-order valence-electron chi connectivity index (χ4n) is 1.38. The highest BCUT2D eigenvalue weighted by molar-refractivity contribution is 7.89. The summed E-state index contributed by atoms with van der Waals surface area (Å²) >= 11 is 5.69. The van der Waals surface area contributed by atoms with Gasteiger partial charge in [-0.1, -0.05) is 11.6 Å². The van der Waals surface area contributed by atoms with Crippen LogP contribution in [0.3, 0.4) is 0 Å². The maximum atomic E-state index is 14.0. The molecule has 4 nitrogen and oxygen atoms in total. The number of halogens is 4. The molecule has 0 radical (unpaired) electrons. The second kappa shape index (κ2) is 6.56. The van der Waals surface area contributed by atoms with Gasteiger partial charge in [-0.3, -0.25) is 0 Å². The van der Waals surface area contributed by atoms with Crippen LogP contribution in [0.4, 0.5) is 13.2 Å². The van der Waals surface area contributed by atoms with E-state index in [4.69, 9.17) is 11.6 Å². The van der Waals surface area contributed by atoms with E-state index in [1.807, 2.05) is 0 Å². The normalized spacial score (nSPS) is 12.1. The number of sulfonamides is 1. The number of benzene rings is 1. The summed E-state index contributed by atoms with van der Waals surface area (Å²) in [4.78, 5) is -0.745. The second-order valence-electron chi connectivity index (χ2n) is 3.65. The average Bonchev–Trinajstić information content (AvgIpc) is 2.31. The van der Waals surface area contributed by atoms with E-state index in [2.05, 4.69) is 5.32 Å². The zero-order chi connectivity index (χ0) is 14.6. The first-order valence-corrected chi connectivity index (χ1v) is 7.04. The van der Waals surface area contributed by atoms with Crippen molar-refractivity contribution in [2.75, 3.05) is 13.6 Å². The Labute approximate surface area is 114 Å². The van der Waals surface area contributed by atoms with Crippen LogP contribution in [0, 0.1) is 5.82 Å². The molecule has 0 bridgehead atoms. The molecule has 1 rings (SSSR count). The highest BCUT2D eigenvalue weighted by Crippen LogP contribution is 2.23. The van der Waals surface area contributed by atoms with Crippen molar-refractivity contribution in [3.05, 3.63) is 28.5 Å². The minimum atomic E-state index is -4.37. The average molecular weight is 317 g/mol. The molecule has 0 aromatic heterocycles. The van der Waals surface area contributed by atoms with Crippen molar-refractivity contribution in [1.29, 1.82) is 0 Å². The number of hydrogen-bond acceptors (Lipinski definition) is 3. The Morgan fingerprint density at radius 3 is 2.53 bits per heavy atom. The molecule has 0 saturated carbocycles. The number of alkyl halides is 2. The summed E-state index contributed by atoms with van der Waals surface area (Å²) in [5, 5.41) is 2.65. The van der Waals surface area contributed by atoms with Crippen molar-refractivity contribution < 1.29 is 21.6 Å². The van der Waals surface area contributed by atoms with E-state index >= 15 is 0 Å². The summed E-state index contributed by atoms with van der Waals surface area (Å²) in [6.07, 6.45) is -2.87. The first-order chi connectivity index (χ1) is 8.77. The summed E-state index contributed by atoms with van der Waals surface area (Å²) in [6, 6.07) is 2.14. The van der Waals surface area contributed by atoms with E-state index < -0.39 is 33.7 Å². The first kappa shape index (κ1) is 16.2. The summed E-state index contributed by atoms with van der Waals surface area (Å²) in [5.41, 5.74) is 0.0346. The van der Waals surface area contributed by atoms with E-state index in [-0.39, 0.29) is 17.1 Å². The molecule has 0 aliphatic rings. The molecule has 0 spiro atoms. The highest BCUT2D eigenvalue weighted by Gasteiger charge is 2.23. The molecule has 1 aromatic rings. The van der Waals surface area contributed by atoms with Gasteiger partial charge in [0.05, 0.1) is 6.54 Å². The molecule has 0 unspecified atom stereocenters. The molecule has 108 valence electrons. The van der Waals surface area contributed by atoms with Gasteiger partial charge < -0.3 is 5.32 Å². The minimum Gasteiger partial charge on any atom is -0.316 e. The Morgan fingerprint density at radius 1 is 1.37 bits per heavy atom. The highest BCUT2D eigenvalue weighted by atomic mass is 35.5. The van der Waals surface area contributed by atoms with Crippen LogP contribution in [0.1, 0.15) is 5.56 Å². The van der Waals surface area contributed by atoms with E-state index in [0.717, 1.165) is 6.07 Å². The van der Waals surface area contributed by atoms with Crippen molar-refractivity contribution >= 4 is 21.6 Å². The molecule has 0 aliphatic heterocycles. The molecule has 0 saturated heterocycles. The minimum absolute atomic E-state index is 0.00377. The smallest absolute Gasteiger partial charge is 0.251 e. The number of hydrogen-bond donors (Lipinski definition) is 2. The summed E-state index contributed by atoms with van der Waals surface area (Å²) in [7, 11) is -2.82. The Kier molecular flexibility index (Phi) is 5.60. The van der Waals surface area contributed by atoms with Crippen LogP contribution in [0.5, 0.6) is 0 Å². The third-order valence-corrected chi connectivity index (χ3v) is 3.80. The third kappa shape index (κ3) is 4.34. The van der Waals surface area contributed by atoms with Gasteiger partial charge in [0, 0.05) is 17.1 Å². The van der Waals surface area contributed by atoms with Gasteiger partial charge in [0.1, 0.15) is 10.7 Å². The summed E-state index contributed by atoms with van der Waals surface area (Å²) in [6.45, 7) is -1.03. The van der Waals surface area contributed by atoms with Gasteiger partial charge in [-0.05, 0) is 19.2 Å². The molecular weight excluding hydrogens is 305 g/mol. The van der Waals surface area contributed by atoms with Gasteiger partial charge in [0.25, 0.3) is 6.43 Å². The van der Waals surface area contributed by atoms with Crippen LogP contribution in [0.15, 0.2) is 17.0 Å². The van der Waals surface area contributed by atoms with Crippen LogP contribution in [0.2, 0.25) is 5.02 Å². The molecular formula is C10H12ClF3N2O2S. The van der Waals surface area contributed by atoms with Gasteiger partial charge in [0.15, 0.2) is 0 Å². The predicted octanol–water partition coefficient (Wildman–Crippen LogP) is 1.74. The van der Waals surface area contributed by atoms with Crippen molar-refractivity contribution in [3.63, 3.8) is 0 Å². The van der Waals surface area contributed by atoms with Crippen LogP contribution in [-0.2, 0) is 16.6 Å². The molecule has 0 fully saturated rings. The molecule has 19 heavy (non-hydrogen) atoms. The van der Waals surface area contributed by atoms with Crippen molar-refractivity contribution in [2.45, 2.75) is 17.9 Å². The zero-order valence-electron chi connectivity index (χ0n) is 9.88. The van der Waals surface area contributed by atoms with Gasteiger partial charge >= 0.3 is 0 Å². The largest absolute Gasteiger partial charge is 0.316 e. The van der Waals surface area contributed by atoms with Gasteiger partial charge in [-0.2, -0.15) is 0 Å². The topological polar surface area (TPSA) is 58.2 Å². The monoisotopic (exact) mass is 316 g/mol. The third-order valence-electron chi connectivity index (χ3n) is 2.16. The zero-order valence-corrected chi connectivity index (χ0v) is 11.5. The second-order valence-corrected chi connectivity index (χ2v) is 5.82. The Hall–Kier alpha value is -0.830. The van der Waals surface area contributed by atoms with Crippen molar-refractivity contribution in [2.24, 2.45) is 0 Å². The van der Waals surface area contributed by atoms with E-state index in [0.29, 0.717) is 0 Å². The fourth-order valence-corrected chi connectivity index (χ4v) is 2.84. The Morgan fingerprint density at radius 2 is 2.00 bits per heavy atom. The van der Waals surface area contributed by atoms with E-state index in [1.165, 1.54) is 6.07 Å². The van der Waals surface area contributed by atoms with Gasteiger partial charge in [0.2, 0.25) is 10.0 Å². The molecule has 2 N–H and O–H groups in total. The maximum absolute atomic E-state index is 14.0. The van der Waals surface area contributed by atoms with Crippen molar-refractivity contribution in [3.8, 4) is 0 Å². The van der Waals surface area contributed by atoms with E-state index in [1.54, 1.807) is 11.8 Å². The predicted molar refractivity (Wildman–Crippen MR) is 65.4 cm³/mol. The lowest BCUT2D eigenvalue weighted by Crippen LogP contribution is -2.29. The lowest BCUT2D eigenvalue weighted by atomic mass is 10.2. The molecule has 0 atom stereocenters. The molecule has 1 aromatic carbocycles. The fraction of sp³-hybridized carbons (Fsp3) is 0.400. The molecule has 0 aliphatic carbocycles. The standard InChI is InChI=1S/C10H12ClF3N2O2S/c1-15-4-6-2-7(11)3-8(10(6)14)19(17,18)16-5-9(12)13/h2-3,9,15-16H,4-5H2,1H3. The van der Waals surface area contributed by atoms with Gasteiger partial charge in [-0.25, -0.2) is 26.3 Å². The van der Waals surface area contributed by atoms with Crippen molar-refractivity contribution in [1.82, 2.24) is 10.0 Å². The lowest BCUT2D eigenvalue weighted by Gasteiger charge is -2.11. The number of nitrogens with one attached hydrogen (secondary N) is 2. The first-order valence-electron chi connectivity index (χ1n) is 5.18. The summed E-state index contributed by atoms with van der Waals surface area (Å²) in [5.74, 6) is -1.01. The van der Waals surface area contributed by atoms with E-state index in [9.17, 15) is 21.6 Å². The van der Waals surface area contributed by atoms with Crippen LogP contribution >= 0.6 is 11.6 Å². The quantitative estimate of drug-likeness (QED) is 0.840. The van der Waals surface area contributed by atoms with Crippen LogP contribution < -0.4 is 10.0 Å². The molecule has 0 amide bonds. The SMILES string of the molecule is CNCc1cc(Cl)cc(S(=O)(=O)NCC(F)F)c1F. The maximum Gasteiger partial charge on any atom is 0.251 e. The van der Waals surface area contributed by atoms with Crippen LogP contribution in [-0.4, -0.2) is 28.4 Å². The van der Waals surface area contributed by atoms with Gasteiger partial charge in [-0.15, -0.1) is 0 Å². The van der Waals surface area contributed by atoms with Crippen LogP contribution in [0.25, 0.3) is 0 Å².